The highest BCUT2D eigenvalue weighted by Crippen LogP contribution is 2.28. The molecule has 2 rings (SSSR count). The van der Waals surface area contributed by atoms with Gasteiger partial charge >= 0.3 is 5.97 Å². The third kappa shape index (κ3) is 4.07. The Hall–Kier alpha value is -1.35. The number of aliphatic carboxylic acids is 1. The first-order valence-electron chi connectivity index (χ1n) is 7.92. The molecule has 1 fully saturated rings. The van der Waals surface area contributed by atoms with Gasteiger partial charge in [0, 0.05) is 18.0 Å². The minimum Gasteiger partial charge on any atom is -0.481 e. The van der Waals surface area contributed by atoms with Gasteiger partial charge in [0.2, 0.25) is 0 Å². The van der Waals surface area contributed by atoms with Crippen LogP contribution in [0.4, 0.5) is 0 Å². The second-order valence-electron chi connectivity index (χ2n) is 6.97. The van der Waals surface area contributed by atoms with Gasteiger partial charge in [-0.15, -0.1) is 0 Å². The third-order valence-electron chi connectivity index (χ3n) is 4.78. The molecule has 0 atom stereocenters. The Kier molecular flexibility index (Phi) is 5.04. The molecule has 0 heterocycles. The minimum atomic E-state index is -0.631. The van der Waals surface area contributed by atoms with Gasteiger partial charge in [-0.25, -0.2) is 0 Å². The molecule has 1 aliphatic carbocycles. The van der Waals surface area contributed by atoms with Crippen molar-refractivity contribution in [2.75, 3.05) is 6.54 Å². The molecule has 0 spiro atoms. The fraction of sp³-hybridized carbons (Fsp3) is 0.611. The normalized spacial score (nSPS) is 23.0. The summed E-state index contributed by atoms with van der Waals surface area (Å²) in [7, 11) is 0. The second kappa shape index (κ2) is 6.61. The van der Waals surface area contributed by atoms with Crippen LogP contribution in [0.15, 0.2) is 24.3 Å². The molecule has 0 aromatic heterocycles. The Morgan fingerprint density at radius 2 is 1.86 bits per heavy atom. The van der Waals surface area contributed by atoms with E-state index in [1.54, 1.807) is 0 Å². The molecule has 1 saturated carbocycles. The summed E-state index contributed by atoms with van der Waals surface area (Å²) in [6.45, 7) is 7.63. The van der Waals surface area contributed by atoms with E-state index < -0.39 is 5.97 Å². The second-order valence-corrected chi connectivity index (χ2v) is 6.97. The van der Waals surface area contributed by atoms with Crippen LogP contribution in [-0.2, 0) is 10.2 Å². The van der Waals surface area contributed by atoms with Crippen molar-refractivity contribution < 1.29 is 9.90 Å². The van der Waals surface area contributed by atoms with Crippen molar-refractivity contribution in [3.8, 4) is 0 Å². The Bertz CT molecular complexity index is 488. The number of aryl methyl sites for hydroxylation is 1. The van der Waals surface area contributed by atoms with E-state index in [1.807, 2.05) is 0 Å². The molecule has 0 bridgehead atoms. The maximum atomic E-state index is 11.0. The number of carboxylic acids is 1. The fourth-order valence-electron chi connectivity index (χ4n) is 3.37. The molecule has 21 heavy (non-hydrogen) atoms. The Balaban J connectivity index is 1.88. The van der Waals surface area contributed by atoms with Crippen LogP contribution in [0.2, 0.25) is 0 Å². The van der Waals surface area contributed by atoms with Crippen LogP contribution in [0.1, 0.15) is 50.7 Å². The molecule has 3 nitrogen and oxygen atoms in total. The zero-order chi connectivity index (χ0) is 15.5. The van der Waals surface area contributed by atoms with Gasteiger partial charge in [0.05, 0.1) is 5.92 Å². The molecule has 0 aliphatic heterocycles. The van der Waals surface area contributed by atoms with Gasteiger partial charge in [0.1, 0.15) is 0 Å². The third-order valence-corrected chi connectivity index (χ3v) is 4.78. The van der Waals surface area contributed by atoms with Crippen molar-refractivity contribution in [3.05, 3.63) is 35.4 Å². The molecule has 0 unspecified atom stereocenters. The van der Waals surface area contributed by atoms with Crippen LogP contribution >= 0.6 is 0 Å². The number of rotatable bonds is 5. The van der Waals surface area contributed by atoms with Gasteiger partial charge in [0.25, 0.3) is 0 Å². The highest BCUT2D eigenvalue weighted by atomic mass is 16.4. The van der Waals surface area contributed by atoms with Crippen LogP contribution in [0.25, 0.3) is 0 Å². The Labute approximate surface area is 127 Å². The lowest BCUT2D eigenvalue weighted by Gasteiger charge is -2.32. The maximum absolute atomic E-state index is 11.0. The first-order chi connectivity index (χ1) is 9.90. The molecule has 116 valence electrons. The van der Waals surface area contributed by atoms with E-state index in [4.69, 9.17) is 5.11 Å². The number of hydrogen-bond acceptors (Lipinski definition) is 2. The summed E-state index contributed by atoms with van der Waals surface area (Å²) in [5.41, 5.74) is 2.81. The molecule has 0 saturated heterocycles. The first-order valence-corrected chi connectivity index (χ1v) is 7.92. The smallest absolute Gasteiger partial charge is 0.306 e. The Morgan fingerprint density at radius 1 is 1.24 bits per heavy atom. The van der Waals surface area contributed by atoms with Crippen LogP contribution in [0.3, 0.4) is 0 Å². The van der Waals surface area contributed by atoms with E-state index in [9.17, 15) is 4.79 Å². The van der Waals surface area contributed by atoms with Crippen molar-refractivity contribution in [2.45, 2.75) is 57.9 Å². The fourth-order valence-corrected chi connectivity index (χ4v) is 3.37. The highest BCUT2D eigenvalue weighted by molar-refractivity contribution is 5.70. The zero-order valence-electron chi connectivity index (χ0n) is 13.4. The van der Waals surface area contributed by atoms with Crippen LogP contribution < -0.4 is 5.32 Å². The van der Waals surface area contributed by atoms with Crippen molar-refractivity contribution in [1.82, 2.24) is 5.32 Å². The number of benzene rings is 1. The van der Waals surface area contributed by atoms with Gasteiger partial charge in [-0.3, -0.25) is 4.79 Å². The molecule has 1 aliphatic rings. The van der Waals surface area contributed by atoms with Crippen molar-refractivity contribution in [1.29, 1.82) is 0 Å². The van der Waals surface area contributed by atoms with Crippen LogP contribution in [0.5, 0.6) is 0 Å². The molecule has 2 N–H and O–H groups in total. The topological polar surface area (TPSA) is 49.3 Å². The molecular weight excluding hydrogens is 262 g/mol. The summed E-state index contributed by atoms with van der Waals surface area (Å²) in [6, 6.07) is 9.01. The van der Waals surface area contributed by atoms with Gasteiger partial charge in [0.15, 0.2) is 0 Å². The summed E-state index contributed by atoms with van der Waals surface area (Å²) in [6.07, 6.45) is 3.55. The van der Waals surface area contributed by atoms with E-state index in [1.165, 1.54) is 11.1 Å². The summed E-state index contributed by atoms with van der Waals surface area (Å²) in [5, 5.41) is 12.7. The quantitative estimate of drug-likeness (QED) is 0.872. The number of hydrogen-bond donors (Lipinski definition) is 2. The van der Waals surface area contributed by atoms with Gasteiger partial charge in [-0.05, 0) is 43.7 Å². The minimum absolute atomic E-state index is 0.0923. The van der Waals surface area contributed by atoms with Crippen molar-refractivity contribution >= 4 is 5.97 Å². The SMILES string of the molecule is Cc1ccccc1C(C)(C)CNC1CCC(C(=O)O)CC1. The number of carboxylic acid groups (broad SMARTS) is 1. The van der Waals surface area contributed by atoms with E-state index in [0.29, 0.717) is 6.04 Å². The zero-order valence-corrected chi connectivity index (χ0v) is 13.4. The maximum Gasteiger partial charge on any atom is 0.306 e. The monoisotopic (exact) mass is 289 g/mol. The summed E-state index contributed by atoms with van der Waals surface area (Å²) < 4.78 is 0. The average molecular weight is 289 g/mol. The van der Waals surface area contributed by atoms with E-state index in [0.717, 1.165) is 32.2 Å². The molecule has 3 heteroatoms. The van der Waals surface area contributed by atoms with Gasteiger partial charge in [-0.1, -0.05) is 38.1 Å². The van der Waals surface area contributed by atoms with E-state index in [2.05, 4.69) is 50.4 Å². The van der Waals surface area contributed by atoms with Gasteiger partial charge in [-0.2, -0.15) is 0 Å². The molecule has 0 radical (unpaired) electrons. The predicted octanol–water partition coefficient (Wildman–Crippen LogP) is 3.51. The summed E-state index contributed by atoms with van der Waals surface area (Å²) in [5.74, 6) is -0.763. The first kappa shape index (κ1) is 16.0. The van der Waals surface area contributed by atoms with E-state index >= 15 is 0 Å². The number of nitrogens with one attached hydrogen (secondary N) is 1. The van der Waals surface area contributed by atoms with Crippen LogP contribution in [-0.4, -0.2) is 23.7 Å². The molecule has 1 aromatic carbocycles. The lowest BCUT2D eigenvalue weighted by Crippen LogP contribution is -2.41. The largest absolute Gasteiger partial charge is 0.481 e. The number of carbonyl (C=O) groups is 1. The van der Waals surface area contributed by atoms with Crippen LogP contribution in [0, 0.1) is 12.8 Å². The molecule has 1 aromatic rings. The predicted molar refractivity (Wildman–Crippen MR) is 85.6 cm³/mol. The summed E-state index contributed by atoms with van der Waals surface area (Å²) >= 11 is 0. The lowest BCUT2D eigenvalue weighted by atomic mass is 9.81. The van der Waals surface area contributed by atoms with Gasteiger partial charge < -0.3 is 10.4 Å². The molecular formula is C18H27NO2. The Morgan fingerprint density at radius 3 is 2.43 bits per heavy atom. The van der Waals surface area contributed by atoms with Crippen molar-refractivity contribution in [2.24, 2.45) is 5.92 Å². The molecule has 0 amide bonds. The highest BCUT2D eigenvalue weighted by Gasteiger charge is 2.28. The lowest BCUT2D eigenvalue weighted by molar-refractivity contribution is -0.142. The van der Waals surface area contributed by atoms with E-state index in [-0.39, 0.29) is 11.3 Å². The standard InChI is InChI=1S/C18H27NO2/c1-13-6-4-5-7-16(13)18(2,3)12-19-15-10-8-14(9-11-15)17(20)21/h4-7,14-15,19H,8-12H2,1-3H3,(H,20,21). The van der Waals surface area contributed by atoms with Crippen molar-refractivity contribution in [3.63, 3.8) is 0 Å². The average Bonchev–Trinajstić information content (AvgIpc) is 2.46. The summed E-state index contributed by atoms with van der Waals surface area (Å²) in [4.78, 5) is 11.0.